The molecule has 1 aliphatic heterocycles. The van der Waals surface area contributed by atoms with Gasteiger partial charge in [0.25, 0.3) is 0 Å². The highest BCUT2D eigenvalue weighted by Crippen LogP contribution is 2.19. The Balaban J connectivity index is 2.03. The number of nitrogens with one attached hydrogen (secondary N) is 1. The van der Waals surface area contributed by atoms with Gasteiger partial charge < -0.3 is 10.1 Å². The molecule has 1 unspecified atom stereocenters. The summed E-state index contributed by atoms with van der Waals surface area (Å²) in [4.78, 5) is 2.51. The first-order chi connectivity index (χ1) is 9.24. The molecule has 0 radical (unpaired) electrons. The number of nitrogens with zero attached hydrogens (tertiary/aromatic N) is 1. The molecular formula is C16H26N2O. The molecule has 0 aliphatic carbocycles. The van der Waals surface area contributed by atoms with Gasteiger partial charge in [0.1, 0.15) is 0 Å². The van der Waals surface area contributed by atoms with Gasteiger partial charge in [-0.2, -0.15) is 0 Å². The molecule has 0 aromatic heterocycles. The van der Waals surface area contributed by atoms with Crippen LogP contribution in [0.15, 0.2) is 18.2 Å². The summed E-state index contributed by atoms with van der Waals surface area (Å²) in [6, 6.07) is 7.50. The molecule has 0 spiro atoms. The van der Waals surface area contributed by atoms with Crippen molar-refractivity contribution in [1.29, 1.82) is 0 Å². The summed E-state index contributed by atoms with van der Waals surface area (Å²) in [6.07, 6.45) is 1.18. The summed E-state index contributed by atoms with van der Waals surface area (Å²) >= 11 is 0. The third kappa shape index (κ3) is 3.78. The Labute approximate surface area is 116 Å². The van der Waals surface area contributed by atoms with Gasteiger partial charge in [-0.3, -0.25) is 4.90 Å². The molecule has 1 atom stereocenters. The Morgan fingerprint density at radius 1 is 1.32 bits per heavy atom. The first-order valence-electron chi connectivity index (χ1n) is 7.29. The van der Waals surface area contributed by atoms with Gasteiger partial charge in [-0.15, -0.1) is 0 Å². The van der Waals surface area contributed by atoms with Crippen molar-refractivity contribution in [2.24, 2.45) is 0 Å². The van der Waals surface area contributed by atoms with Crippen LogP contribution >= 0.6 is 0 Å². The summed E-state index contributed by atoms with van der Waals surface area (Å²) in [5, 5.41) is 3.40. The smallest absolute Gasteiger partial charge is 0.0589 e. The molecule has 1 aliphatic rings. The summed E-state index contributed by atoms with van der Waals surface area (Å²) in [5.74, 6) is 0. The molecule has 0 saturated heterocycles. The lowest BCUT2D eigenvalue weighted by Gasteiger charge is -2.28. The average Bonchev–Trinajstić information content (AvgIpc) is 2.90. The lowest BCUT2D eigenvalue weighted by atomic mass is 10.1. The summed E-state index contributed by atoms with van der Waals surface area (Å²) in [7, 11) is 1.77. The molecule has 3 nitrogen and oxygen atoms in total. The van der Waals surface area contributed by atoms with Gasteiger partial charge in [0.05, 0.1) is 6.61 Å². The summed E-state index contributed by atoms with van der Waals surface area (Å²) in [6.45, 7) is 9.41. The number of hydrogen-bond acceptors (Lipinski definition) is 3. The van der Waals surface area contributed by atoms with Crippen LogP contribution in [-0.4, -0.2) is 31.2 Å². The zero-order chi connectivity index (χ0) is 13.7. The van der Waals surface area contributed by atoms with Crippen molar-refractivity contribution in [3.05, 3.63) is 34.9 Å². The molecule has 0 saturated carbocycles. The van der Waals surface area contributed by atoms with Crippen LogP contribution in [0.1, 0.15) is 37.0 Å². The fourth-order valence-electron chi connectivity index (χ4n) is 2.60. The average molecular weight is 262 g/mol. The Kier molecular flexibility index (Phi) is 5.37. The fourth-order valence-corrected chi connectivity index (χ4v) is 2.60. The van der Waals surface area contributed by atoms with E-state index in [-0.39, 0.29) is 0 Å². The molecule has 2 rings (SSSR count). The molecule has 0 fully saturated rings. The highest BCUT2D eigenvalue weighted by Gasteiger charge is 2.15. The first-order valence-corrected chi connectivity index (χ1v) is 7.29. The van der Waals surface area contributed by atoms with Crippen LogP contribution in [0.3, 0.4) is 0 Å². The van der Waals surface area contributed by atoms with E-state index in [1.807, 2.05) is 0 Å². The van der Waals surface area contributed by atoms with Crippen LogP contribution in [0.4, 0.5) is 0 Å². The van der Waals surface area contributed by atoms with Crippen LogP contribution in [-0.2, 0) is 24.4 Å². The molecule has 1 aromatic carbocycles. The van der Waals surface area contributed by atoms with Crippen LogP contribution < -0.4 is 5.32 Å². The second-order valence-corrected chi connectivity index (χ2v) is 5.43. The number of methoxy groups -OCH3 is 1. The van der Waals surface area contributed by atoms with Gasteiger partial charge in [0.2, 0.25) is 0 Å². The monoisotopic (exact) mass is 262 g/mol. The molecule has 3 heteroatoms. The lowest BCUT2D eigenvalue weighted by molar-refractivity contribution is 0.118. The van der Waals surface area contributed by atoms with Crippen LogP contribution in [0.2, 0.25) is 0 Å². The van der Waals surface area contributed by atoms with Crippen molar-refractivity contribution in [1.82, 2.24) is 10.2 Å². The predicted molar refractivity (Wildman–Crippen MR) is 79.0 cm³/mol. The predicted octanol–water partition coefficient (Wildman–Crippen LogP) is 2.54. The molecule has 0 amide bonds. The maximum atomic E-state index is 5.23. The quantitative estimate of drug-likeness (QED) is 0.817. The Morgan fingerprint density at radius 3 is 2.84 bits per heavy atom. The van der Waals surface area contributed by atoms with Gasteiger partial charge in [-0.05, 0) is 30.0 Å². The summed E-state index contributed by atoms with van der Waals surface area (Å²) < 4.78 is 5.23. The van der Waals surface area contributed by atoms with Crippen LogP contribution in [0.5, 0.6) is 0 Å². The first kappa shape index (κ1) is 14.5. The highest BCUT2D eigenvalue weighted by molar-refractivity contribution is 5.34. The van der Waals surface area contributed by atoms with E-state index in [0.717, 1.165) is 32.8 Å². The van der Waals surface area contributed by atoms with Gasteiger partial charge in [-0.25, -0.2) is 0 Å². The molecule has 1 N–H and O–H groups in total. The standard InChI is InChI=1S/C16H26N2O/c1-4-13(2)18(7-8-19-3)12-14-5-6-15-10-17-11-16(15)9-14/h5-6,9,13,17H,4,7-8,10-12H2,1-3H3. The van der Waals surface area contributed by atoms with Crippen molar-refractivity contribution < 1.29 is 4.74 Å². The minimum absolute atomic E-state index is 0.599. The fraction of sp³-hybridized carbons (Fsp3) is 0.625. The second-order valence-electron chi connectivity index (χ2n) is 5.43. The lowest BCUT2D eigenvalue weighted by Crippen LogP contribution is -2.34. The second kappa shape index (κ2) is 7.04. The van der Waals surface area contributed by atoms with Gasteiger partial charge in [0.15, 0.2) is 0 Å². The molecule has 1 heterocycles. The van der Waals surface area contributed by atoms with Gasteiger partial charge >= 0.3 is 0 Å². The van der Waals surface area contributed by atoms with Crippen molar-refractivity contribution in [2.75, 3.05) is 20.3 Å². The third-order valence-corrected chi connectivity index (χ3v) is 4.08. The Morgan fingerprint density at radius 2 is 2.11 bits per heavy atom. The number of ether oxygens (including phenoxy) is 1. The van der Waals surface area contributed by atoms with Crippen molar-refractivity contribution in [2.45, 2.75) is 45.9 Å². The van der Waals surface area contributed by atoms with Crippen molar-refractivity contribution in [3.8, 4) is 0 Å². The van der Waals surface area contributed by atoms with Gasteiger partial charge in [-0.1, -0.05) is 25.1 Å². The van der Waals surface area contributed by atoms with E-state index >= 15 is 0 Å². The third-order valence-electron chi connectivity index (χ3n) is 4.08. The molecule has 19 heavy (non-hydrogen) atoms. The maximum Gasteiger partial charge on any atom is 0.0589 e. The highest BCUT2D eigenvalue weighted by atomic mass is 16.5. The van der Waals surface area contributed by atoms with E-state index < -0.39 is 0 Å². The zero-order valence-electron chi connectivity index (χ0n) is 12.4. The Hall–Kier alpha value is -0.900. The minimum Gasteiger partial charge on any atom is -0.383 e. The zero-order valence-corrected chi connectivity index (χ0v) is 12.4. The van der Waals surface area contributed by atoms with E-state index in [1.165, 1.54) is 23.1 Å². The SMILES string of the molecule is CCC(C)N(CCOC)Cc1ccc2c(c1)CNC2. The Bertz CT molecular complexity index is 406. The van der Waals surface area contributed by atoms with E-state index in [2.05, 4.69) is 42.3 Å². The van der Waals surface area contributed by atoms with E-state index in [0.29, 0.717) is 6.04 Å². The number of benzene rings is 1. The molecule has 0 bridgehead atoms. The largest absolute Gasteiger partial charge is 0.383 e. The van der Waals surface area contributed by atoms with Crippen molar-refractivity contribution in [3.63, 3.8) is 0 Å². The number of fused-ring (bicyclic) bond motifs is 1. The van der Waals surface area contributed by atoms with E-state index in [9.17, 15) is 0 Å². The summed E-state index contributed by atoms with van der Waals surface area (Å²) in [5.41, 5.74) is 4.34. The molecular weight excluding hydrogens is 236 g/mol. The maximum absolute atomic E-state index is 5.23. The molecule has 106 valence electrons. The van der Waals surface area contributed by atoms with Crippen LogP contribution in [0.25, 0.3) is 0 Å². The van der Waals surface area contributed by atoms with Gasteiger partial charge in [0, 0.05) is 39.3 Å². The minimum atomic E-state index is 0.599. The van der Waals surface area contributed by atoms with E-state index in [1.54, 1.807) is 7.11 Å². The molecule has 1 aromatic rings. The number of rotatable bonds is 7. The normalized spacial score (nSPS) is 15.8. The van der Waals surface area contributed by atoms with Crippen molar-refractivity contribution >= 4 is 0 Å². The van der Waals surface area contributed by atoms with Crippen LogP contribution in [0, 0.1) is 0 Å². The topological polar surface area (TPSA) is 24.5 Å². The van der Waals surface area contributed by atoms with E-state index in [4.69, 9.17) is 4.74 Å². The number of hydrogen-bond donors (Lipinski definition) is 1.